The van der Waals surface area contributed by atoms with Crippen LogP contribution in [0, 0.1) is 0 Å². The van der Waals surface area contributed by atoms with Crippen molar-refractivity contribution in [3.63, 3.8) is 0 Å². The summed E-state index contributed by atoms with van der Waals surface area (Å²) >= 11 is 1.78. The van der Waals surface area contributed by atoms with Crippen molar-refractivity contribution in [2.24, 2.45) is 0 Å². The van der Waals surface area contributed by atoms with Crippen LogP contribution in [-0.2, 0) is 6.42 Å². The van der Waals surface area contributed by atoms with E-state index in [9.17, 15) is 0 Å². The molecule has 0 bridgehead atoms. The Morgan fingerprint density at radius 2 is 2.10 bits per heavy atom. The largest absolute Gasteiger partial charge is 0.310 e. The molecular weight excluding hydrogens is 266 g/mol. The van der Waals surface area contributed by atoms with Crippen molar-refractivity contribution in [1.82, 2.24) is 15.3 Å². The van der Waals surface area contributed by atoms with E-state index in [4.69, 9.17) is 0 Å². The molecule has 1 aromatic carbocycles. The molecule has 0 aliphatic heterocycles. The third-order valence-electron chi connectivity index (χ3n) is 3.31. The number of para-hydroxylation sites is 1. The van der Waals surface area contributed by atoms with E-state index in [-0.39, 0.29) is 0 Å². The van der Waals surface area contributed by atoms with Gasteiger partial charge in [0.1, 0.15) is 0 Å². The average Bonchev–Trinajstić information content (AvgIpc) is 2.90. The van der Waals surface area contributed by atoms with Crippen LogP contribution in [0.4, 0.5) is 0 Å². The zero-order valence-electron chi connectivity index (χ0n) is 11.4. The topological polar surface area (TPSA) is 37.8 Å². The van der Waals surface area contributed by atoms with E-state index in [1.165, 1.54) is 15.3 Å². The van der Waals surface area contributed by atoms with Crippen molar-refractivity contribution in [1.29, 1.82) is 0 Å². The molecule has 4 heteroatoms. The second-order valence-electron chi connectivity index (χ2n) is 4.79. The maximum absolute atomic E-state index is 4.65. The number of nitrogens with one attached hydrogen (secondary N) is 1. The summed E-state index contributed by atoms with van der Waals surface area (Å²) in [7, 11) is 0. The van der Waals surface area contributed by atoms with Gasteiger partial charge in [0.15, 0.2) is 0 Å². The molecule has 2 aromatic heterocycles. The molecule has 102 valence electrons. The standard InChI is InChI=1S/C16H17N3S/c1-12(13-5-4-9-17-11-13)18-10-8-16-19-14-6-2-3-7-15(14)20-16/h2-7,9,11-12,18H,8,10H2,1H3. The van der Waals surface area contributed by atoms with E-state index >= 15 is 0 Å². The summed E-state index contributed by atoms with van der Waals surface area (Å²) in [6, 6.07) is 12.7. The molecule has 0 aliphatic carbocycles. The van der Waals surface area contributed by atoms with E-state index in [0.717, 1.165) is 18.5 Å². The molecule has 1 N–H and O–H groups in total. The first kappa shape index (κ1) is 13.2. The third-order valence-corrected chi connectivity index (χ3v) is 4.41. The SMILES string of the molecule is CC(NCCc1nc2ccccc2s1)c1cccnc1. The summed E-state index contributed by atoms with van der Waals surface area (Å²) in [5.74, 6) is 0. The maximum atomic E-state index is 4.65. The van der Waals surface area contributed by atoms with Gasteiger partial charge >= 0.3 is 0 Å². The van der Waals surface area contributed by atoms with Gasteiger partial charge in [-0.25, -0.2) is 4.98 Å². The van der Waals surface area contributed by atoms with E-state index in [2.05, 4.69) is 46.5 Å². The second kappa shape index (κ2) is 6.11. The monoisotopic (exact) mass is 283 g/mol. The molecule has 0 saturated carbocycles. The number of benzene rings is 1. The highest BCUT2D eigenvalue weighted by Gasteiger charge is 2.06. The van der Waals surface area contributed by atoms with Crippen molar-refractivity contribution in [2.45, 2.75) is 19.4 Å². The predicted octanol–water partition coefficient (Wildman–Crippen LogP) is 3.58. The van der Waals surface area contributed by atoms with Crippen LogP contribution in [0.1, 0.15) is 23.5 Å². The Morgan fingerprint density at radius 3 is 2.90 bits per heavy atom. The van der Waals surface area contributed by atoms with Crippen LogP contribution in [0.5, 0.6) is 0 Å². The minimum absolute atomic E-state index is 0.318. The molecule has 0 fully saturated rings. The summed E-state index contributed by atoms with van der Waals surface area (Å²) < 4.78 is 1.27. The average molecular weight is 283 g/mol. The van der Waals surface area contributed by atoms with Gasteiger partial charge in [-0.3, -0.25) is 4.98 Å². The predicted molar refractivity (Wildman–Crippen MR) is 84.0 cm³/mol. The van der Waals surface area contributed by atoms with Crippen LogP contribution in [0.15, 0.2) is 48.8 Å². The lowest BCUT2D eigenvalue weighted by Gasteiger charge is -2.12. The molecule has 1 unspecified atom stereocenters. The lowest BCUT2D eigenvalue weighted by molar-refractivity contribution is 0.575. The molecule has 3 nitrogen and oxygen atoms in total. The minimum atomic E-state index is 0.318. The van der Waals surface area contributed by atoms with E-state index in [0.29, 0.717) is 6.04 Å². The highest BCUT2D eigenvalue weighted by atomic mass is 32.1. The smallest absolute Gasteiger partial charge is 0.0951 e. The van der Waals surface area contributed by atoms with Crippen molar-refractivity contribution >= 4 is 21.6 Å². The molecule has 0 amide bonds. The van der Waals surface area contributed by atoms with Gasteiger partial charge in [0.2, 0.25) is 0 Å². The van der Waals surface area contributed by atoms with Gasteiger partial charge in [-0.2, -0.15) is 0 Å². The normalized spacial score (nSPS) is 12.7. The Morgan fingerprint density at radius 1 is 1.20 bits per heavy atom. The first-order chi connectivity index (χ1) is 9.83. The van der Waals surface area contributed by atoms with Gasteiger partial charge in [-0.1, -0.05) is 18.2 Å². The Balaban J connectivity index is 1.57. The highest BCUT2D eigenvalue weighted by molar-refractivity contribution is 7.18. The number of fused-ring (bicyclic) bond motifs is 1. The fourth-order valence-corrected chi connectivity index (χ4v) is 3.14. The number of thiazole rings is 1. The molecule has 20 heavy (non-hydrogen) atoms. The number of pyridine rings is 1. The molecule has 3 rings (SSSR count). The van der Waals surface area contributed by atoms with Crippen LogP contribution in [0.25, 0.3) is 10.2 Å². The van der Waals surface area contributed by atoms with Gasteiger partial charge in [-0.05, 0) is 30.7 Å². The van der Waals surface area contributed by atoms with Crippen LogP contribution < -0.4 is 5.32 Å². The Hall–Kier alpha value is -1.78. The molecule has 0 radical (unpaired) electrons. The summed E-state index contributed by atoms with van der Waals surface area (Å²) in [6.45, 7) is 3.09. The Kier molecular flexibility index (Phi) is 4.04. The lowest BCUT2D eigenvalue weighted by Crippen LogP contribution is -2.21. The highest BCUT2D eigenvalue weighted by Crippen LogP contribution is 2.21. The van der Waals surface area contributed by atoms with E-state index in [1.54, 1.807) is 17.5 Å². The van der Waals surface area contributed by atoms with Crippen LogP contribution in [-0.4, -0.2) is 16.5 Å². The van der Waals surface area contributed by atoms with Crippen LogP contribution >= 0.6 is 11.3 Å². The molecule has 3 aromatic rings. The van der Waals surface area contributed by atoms with Gasteiger partial charge in [0.25, 0.3) is 0 Å². The second-order valence-corrected chi connectivity index (χ2v) is 5.90. The Bertz CT molecular complexity index is 645. The maximum Gasteiger partial charge on any atom is 0.0951 e. The fourth-order valence-electron chi connectivity index (χ4n) is 2.17. The summed E-state index contributed by atoms with van der Waals surface area (Å²) in [5.41, 5.74) is 2.32. The number of aromatic nitrogens is 2. The molecule has 1 atom stereocenters. The van der Waals surface area contributed by atoms with Crippen molar-refractivity contribution in [3.8, 4) is 0 Å². The zero-order chi connectivity index (χ0) is 13.8. The quantitative estimate of drug-likeness (QED) is 0.777. The van der Waals surface area contributed by atoms with Crippen molar-refractivity contribution < 1.29 is 0 Å². The number of hydrogen-bond donors (Lipinski definition) is 1. The van der Waals surface area contributed by atoms with Crippen molar-refractivity contribution in [2.75, 3.05) is 6.54 Å². The van der Waals surface area contributed by atoms with Gasteiger partial charge in [0.05, 0.1) is 15.2 Å². The minimum Gasteiger partial charge on any atom is -0.310 e. The first-order valence-corrected chi connectivity index (χ1v) is 7.62. The molecular formula is C16H17N3S. The molecule has 2 heterocycles. The molecule has 0 saturated heterocycles. The number of hydrogen-bond acceptors (Lipinski definition) is 4. The molecule has 0 spiro atoms. The van der Waals surface area contributed by atoms with Gasteiger partial charge in [0, 0.05) is 31.4 Å². The van der Waals surface area contributed by atoms with Crippen LogP contribution in [0.2, 0.25) is 0 Å². The summed E-state index contributed by atoms with van der Waals surface area (Å²) in [5, 5.41) is 4.71. The van der Waals surface area contributed by atoms with Crippen LogP contribution in [0.3, 0.4) is 0 Å². The van der Waals surface area contributed by atoms with E-state index in [1.807, 2.05) is 18.3 Å². The summed E-state index contributed by atoms with van der Waals surface area (Å²) in [6.07, 6.45) is 4.68. The Labute approximate surface area is 122 Å². The third kappa shape index (κ3) is 3.03. The van der Waals surface area contributed by atoms with E-state index < -0.39 is 0 Å². The lowest BCUT2D eigenvalue weighted by atomic mass is 10.1. The first-order valence-electron chi connectivity index (χ1n) is 6.81. The summed E-state index contributed by atoms with van der Waals surface area (Å²) in [4.78, 5) is 8.80. The zero-order valence-corrected chi connectivity index (χ0v) is 12.2. The molecule has 0 aliphatic rings. The number of rotatable bonds is 5. The fraction of sp³-hybridized carbons (Fsp3) is 0.250. The van der Waals surface area contributed by atoms with Gasteiger partial charge < -0.3 is 5.32 Å². The van der Waals surface area contributed by atoms with Crippen molar-refractivity contribution in [3.05, 3.63) is 59.4 Å². The van der Waals surface area contributed by atoms with Gasteiger partial charge in [-0.15, -0.1) is 11.3 Å². The number of nitrogens with zero attached hydrogens (tertiary/aromatic N) is 2.